The minimum Gasteiger partial charge on any atom is -0.381 e. The molecule has 0 amide bonds. The number of fused-ring (bicyclic) bond motifs is 1. The molecule has 1 heteroatoms. The molecule has 0 saturated carbocycles. The van der Waals surface area contributed by atoms with Crippen LogP contribution in [0.15, 0.2) is 60.7 Å². The molecule has 1 atom stereocenters. The molecular formula is C16H19N. The molecule has 1 unspecified atom stereocenters. The molecule has 1 aliphatic rings. The number of hydrogen-bond acceptors (Lipinski definition) is 1. The molecular weight excluding hydrogens is 206 g/mol. The average molecular weight is 225 g/mol. The van der Waals surface area contributed by atoms with Gasteiger partial charge in [-0.25, -0.2) is 0 Å². The Morgan fingerprint density at radius 1 is 1.18 bits per heavy atom. The van der Waals surface area contributed by atoms with Gasteiger partial charge in [0.15, 0.2) is 0 Å². The molecule has 0 radical (unpaired) electrons. The maximum absolute atomic E-state index is 3.91. The van der Waals surface area contributed by atoms with Crippen molar-refractivity contribution in [1.82, 2.24) is 0 Å². The van der Waals surface area contributed by atoms with Crippen LogP contribution < -0.4 is 5.32 Å². The summed E-state index contributed by atoms with van der Waals surface area (Å²) in [6.07, 6.45) is 4.93. The van der Waals surface area contributed by atoms with Gasteiger partial charge in [-0.2, -0.15) is 0 Å². The predicted molar refractivity (Wildman–Crippen MR) is 75.4 cm³/mol. The third kappa shape index (κ3) is 2.33. The fraction of sp³-hybridized carbons (Fsp3) is 0.250. The molecule has 1 aromatic carbocycles. The van der Waals surface area contributed by atoms with Gasteiger partial charge < -0.3 is 5.32 Å². The Morgan fingerprint density at radius 3 is 2.59 bits per heavy atom. The first-order valence-electron chi connectivity index (χ1n) is 6.06. The van der Waals surface area contributed by atoms with Crippen LogP contribution >= 0.6 is 0 Å². The van der Waals surface area contributed by atoms with Crippen LogP contribution in [0.5, 0.6) is 0 Å². The van der Waals surface area contributed by atoms with E-state index in [0.717, 1.165) is 13.0 Å². The molecule has 0 aliphatic carbocycles. The highest BCUT2D eigenvalue weighted by Gasteiger charge is 2.15. The Morgan fingerprint density at radius 2 is 1.88 bits per heavy atom. The van der Waals surface area contributed by atoms with E-state index in [2.05, 4.69) is 49.7 Å². The molecule has 0 spiro atoms. The van der Waals surface area contributed by atoms with Crippen molar-refractivity contribution in [2.45, 2.75) is 19.3 Å². The molecule has 17 heavy (non-hydrogen) atoms. The molecule has 1 heterocycles. The van der Waals surface area contributed by atoms with E-state index >= 15 is 0 Å². The summed E-state index contributed by atoms with van der Waals surface area (Å²) in [4.78, 5) is 0. The molecule has 0 fully saturated rings. The highest BCUT2D eigenvalue weighted by atomic mass is 14.9. The molecule has 2 rings (SSSR count). The van der Waals surface area contributed by atoms with Crippen molar-refractivity contribution in [3.63, 3.8) is 0 Å². The van der Waals surface area contributed by atoms with Crippen LogP contribution in [0.2, 0.25) is 0 Å². The number of hydrogen-bond donors (Lipinski definition) is 1. The first-order valence-corrected chi connectivity index (χ1v) is 6.06. The van der Waals surface area contributed by atoms with Gasteiger partial charge in [0.1, 0.15) is 0 Å². The van der Waals surface area contributed by atoms with Gasteiger partial charge in [-0.15, -0.1) is 0 Å². The van der Waals surface area contributed by atoms with E-state index < -0.39 is 0 Å². The lowest BCUT2D eigenvalue weighted by Gasteiger charge is -2.23. The van der Waals surface area contributed by atoms with Gasteiger partial charge in [0.05, 0.1) is 0 Å². The minimum absolute atomic E-state index is 0.502. The minimum atomic E-state index is 0.502. The van der Waals surface area contributed by atoms with E-state index in [9.17, 15) is 0 Å². The van der Waals surface area contributed by atoms with Crippen LogP contribution in [0.4, 0.5) is 5.69 Å². The van der Waals surface area contributed by atoms with Crippen LogP contribution in [0.1, 0.15) is 24.8 Å². The fourth-order valence-electron chi connectivity index (χ4n) is 2.38. The molecule has 1 aliphatic heterocycles. The zero-order chi connectivity index (χ0) is 12.3. The number of allylic oxidation sites excluding steroid dienone is 2. The smallest absolute Gasteiger partial charge is 0.0403 e. The topological polar surface area (TPSA) is 12.0 Å². The lowest BCUT2D eigenvalue weighted by atomic mass is 9.88. The van der Waals surface area contributed by atoms with Gasteiger partial charge in [0.2, 0.25) is 0 Å². The molecule has 0 bridgehead atoms. The van der Waals surface area contributed by atoms with E-state index in [-0.39, 0.29) is 0 Å². The quantitative estimate of drug-likeness (QED) is 0.792. The maximum atomic E-state index is 3.91. The summed E-state index contributed by atoms with van der Waals surface area (Å²) < 4.78 is 0. The Bertz CT molecular complexity index is 468. The number of benzene rings is 1. The average Bonchev–Trinajstić information content (AvgIpc) is 2.36. The van der Waals surface area contributed by atoms with Crippen molar-refractivity contribution >= 4 is 5.69 Å². The summed E-state index contributed by atoms with van der Waals surface area (Å²) in [5, 5.41) is 3.48. The Labute approximate surface area is 104 Å². The van der Waals surface area contributed by atoms with Gasteiger partial charge in [0, 0.05) is 12.2 Å². The summed E-state index contributed by atoms with van der Waals surface area (Å²) in [6.45, 7) is 10.9. The molecule has 0 saturated heterocycles. The summed E-state index contributed by atoms with van der Waals surface area (Å²) in [6, 6.07) is 8.52. The van der Waals surface area contributed by atoms with Crippen molar-refractivity contribution in [2.24, 2.45) is 0 Å². The van der Waals surface area contributed by atoms with Crippen molar-refractivity contribution < 1.29 is 0 Å². The molecule has 1 aromatic rings. The predicted octanol–water partition coefficient (Wildman–Crippen LogP) is 4.27. The summed E-state index contributed by atoms with van der Waals surface area (Å²) in [7, 11) is 0. The zero-order valence-corrected chi connectivity index (χ0v) is 10.4. The SMILES string of the molecule is C=C/C1=C(\C=C)CC(C)c2ccccc2NC1. The second kappa shape index (κ2) is 5.05. The zero-order valence-electron chi connectivity index (χ0n) is 10.4. The van der Waals surface area contributed by atoms with Crippen LogP contribution in [0.25, 0.3) is 0 Å². The van der Waals surface area contributed by atoms with Gasteiger partial charge in [-0.1, -0.05) is 50.4 Å². The maximum Gasteiger partial charge on any atom is 0.0403 e. The third-order valence-corrected chi connectivity index (χ3v) is 3.39. The first kappa shape index (κ1) is 11.7. The highest BCUT2D eigenvalue weighted by Crippen LogP contribution is 2.32. The van der Waals surface area contributed by atoms with Gasteiger partial charge in [-0.3, -0.25) is 0 Å². The van der Waals surface area contributed by atoms with Crippen molar-refractivity contribution in [3.8, 4) is 0 Å². The summed E-state index contributed by atoms with van der Waals surface area (Å²) in [5.41, 5.74) is 5.17. The number of para-hydroxylation sites is 1. The molecule has 1 nitrogen and oxygen atoms in total. The van der Waals surface area contributed by atoms with Crippen LogP contribution in [-0.4, -0.2) is 6.54 Å². The number of nitrogens with one attached hydrogen (secondary N) is 1. The van der Waals surface area contributed by atoms with E-state index in [1.807, 2.05) is 12.2 Å². The second-order valence-corrected chi connectivity index (χ2v) is 4.50. The molecule has 1 N–H and O–H groups in total. The molecule has 88 valence electrons. The van der Waals surface area contributed by atoms with Crippen molar-refractivity contribution in [1.29, 1.82) is 0 Å². The van der Waals surface area contributed by atoms with Crippen LogP contribution in [-0.2, 0) is 0 Å². The fourth-order valence-corrected chi connectivity index (χ4v) is 2.38. The van der Waals surface area contributed by atoms with E-state index in [1.165, 1.54) is 22.4 Å². The number of anilines is 1. The third-order valence-electron chi connectivity index (χ3n) is 3.39. The van der Waals surface area contributed by atoms with E-state index in [0.29, 0.717) is 5.92 Å². The van der Waals surface area contributed by atoms with Crippen molar-refractivity contribution in [3.05, 3.63) is 66.3 Å². The largest absolute Gasteiger partial charge is 0.381 e. The van der Waals surface area contributed by atoms with E-state index in [1.54, 1.807) is 0 Å². The summed E-state index contributed by atoms with van der Waals surface area (Å²) >= 11 is 0. The van der Waals surface area contributed by atoms with E-state index in [4.69, 9.17) is 0 Å². The Kier molecular flexibility index (Phi) is 3.48. The Balaban J connectivity index is 2.41. The van der Waals surface area contributed by atoms with Gasteiger partial charge in [0.25, 0.3) is 0 Å². The standard InChI is InChI=1S/C16H19N/c1-4-13-10-12(3)15-8-6-7-9-16(15)17-11-14(13)5-2/h4-9,12,17H,1-2,10-11H2,3H3/b14-13-. The molecule has 0 aromatic heterocycles. The van der Waals surface area contributed by atoms with Crippen molar-refractivity contribution in [2.75, 3.05) is 11.9 Å². The normalized spacial score (nSPS) is 23.9. The van der Waals surface area contributed by atoms with Crippen LogP contribution in [0, 0.1) is 0 Å². The lowest BCUT2D eigenvalue weighted by Crippen LogP contribution is -2.12. The van der Waals surface area contributed by atoms with Gasteiger partial charge in [-0.05, 0) is 35.1 Å². The highest BCUT2D eigenvalue weighted by molar-refractivity contribution is 5.56. The monoisotopic (exact) mass is 225 g/mol. The Hall–Kier alpha value is -1.76. The lowest BCUT2D eigenvalue weighted by molar-refractivity contribution is 0.753. The number of rotatable bonds is 2. The first-order chi connectivity index (χ1) is 8.26. The summed E-state index contributed by atoms with van der Waals surface area (Å²) in [5.74, 6) is 0.502. The van der Waals surface area contributed by atoms with Crippen LogP contribution in [0.3, 0.4) is 0 Å². The van der Waals surface area contributed by atoms with Gasteiger partial charge >= 0.3 is 0 Å². The second-order valence-electron chi connectivity index (χ2n) is 4.50.